The van der Waals surface area contributed by atoms with Gasteiger partial charge in [0, 0.05) is 34.7 Å². The number of carboxylic acids is 1. The van der Waals surface area contributed by atoms with Crippen LogP contribution in [-0.2, 0) is 20.0 Å². The van der Waals surface area contributed by atoms with E-state index in [1.807, 2.05) is 35.7 Å². The van der Waals surface area contributed by atoms with Gasteiger partial charge in [-0.15, -0.1) is 11.3 Å². The van der Waals surface area contributed by atoms with E-state index in [4.69, 9.17) is 9.72 Å². The number of rotatable bonds is 10. The summed E-state index contributed by atoms with van der Waals surface area (Å²) < 4.78 is 19.7. The first-order valence-electron chi connectivity index (χ1n) is 13.7. The third-order valence-corrected chi connectivity index (χ3v) is 8.95. The first-order valence-corrected chi connectivity index (χ1v) is 14.6. The molecule has 2 aliphatic carbocycles. The number of pyridine rings is 1. The van der Waals surface area contributed by atoms with Gasteiger partial charge in [-0.05, 0) is 36.8 Å². The van der Waals surface area contributed by atoms with Crippen molar-refractivity contribution in [1.82, 2.24) is 9.97 Å². The zero-order valence-electron chi connectivity index (χ0n) is 21.7. The molecule has 1 atom stereocenters. The van der Waals surface area contributed by atoms with E-state index in [9.17, 15) is 19.1 Å². The number of thiazole rings is 1. The molecule has 1 unspecified atom stereocenters. The number of hydrogen-bond acceptors (Lipinski definition) is 6. The van der Waals surface area contributed by atoms with Gasteiger partial charge in [0.15, 0.2) is 10.8 Å². The smallest absolute Gasteiger partial charge is 0.304 e. The minimum Gasteiger partial charge on any atom is -0.481 e. The van der Waals surface area contributed by atoms with Gasteiger partial charge in [0.1, 0.15) is 0 Å². The number of amides is 1. The summed E-state index contributed by atoms with van der Waals surface area (Å²) in [5.74, 6) is -1.16. The SMILES string of the molecule is O=C(O)CC(CC1CCCC1)C(=O)N(c1nc(-c2ccccc2-c2ccc(C3(F)COC3)nc2)cs1)C1CC1. The Morgan fingerprint density at radius 1 is 1.10 bits per heavy atom. The molecule has 2 saturated carbocycles. The Morgan fingerprint density at radius 3 is 2.46 bits per heavy atom. The number of carboxylic acid groups (broad SMARTS) is 1. The molecule has 0 spiro atoms. The number of ether oxygens (including phenoxy) is 1. The predicted octanol–water partition coefficient (Wildman–Crippen LogP) is 6.23. The van der Waals surface area contributed by atoms with E-state index < -0.39 is 17.6 Å². The summed E-state index contributed by atoms with van der Waals surface area (Å²) in [7, 11) is 0. The summed E-state index contributed by atoms with van der Waals surface area (Å²) in [6, 6.07) is 11.5. The quantitative estimate of drug-likeness (QED) is 0.322. The average molecular weight is 550 g/mol. The van der Waals surface area contributed by atoms with Crippen molar-refractivity contribution < 1.29 is 23.8 Å². The van der Waals surface area contributed by atoms with E-state index in [1.54, 1.807) is 17.2 Å². The van der Waals surface area contributed by atoms with E-state index in [0.717, 1.165) is 60.9 Å². The molecule has 3 heterocycles. The number of anilines is 1. The van der Waals surface area contributed by atoms with E-state index in [2.05, 4.69) is 4.98 Å². The topological polar surface area (TPSA) is 92.6 Å². The van der Waals surface area contributed by atoms with E-state index in [0.29, 0.717) is 23.2 Å². The Balaban J connectivity index is 1.27. The predicted molar refractivity (Wildman–Crippen MR) is 147 cm³/mol. The molecule has 3 fully saturated rings. The van der Waals surface area contributed by atoms with Crippen LogP contribution in [0.5, 0.6) is 0 Å². The maximum absolute atomic E-state index is 14.7. The lowest BCUT2D eigenvalue weighted by Gasteiger charge is -2.33. The van der Waals surface area contributed by atoms with Crippen LogP contribution in [0, 0.1) is 11.8 Å². The number of hydrogen-bond donors (Lipinski definition) is 1. The summed E-state index contributed by atoms with van der Waals surface area (Å²) in [4.78, 5) is 36.5. The third kappa shape index (κ3) is 5.47. The van der Waals surface area contributed by atoms with Crippen LogP contribution in [0.4, 0.5) is 9.52 Å². The highest BCUT2D eigenvalue weighted by molar-refractivity contribution is 7.14. The number of nitrogens with zero attached hydrogens (tertiary/aromatic N) is 3. The fourth-order valence-corrected chi connectivity index (χ4v) is 6.70. The molecule has 204 valence electrons. The number of carbonyl (C=O) groups excluding carboxylic acids is 1. The van der Waals surface area contributed by atoms with Crippen molar-refractivity contribution in [2.24, 2.45) is 11.8 Å². The first-order chi connectivity index (χ1) is 18.9. The molecule has 6 rings (SSSR count). The third-order valence-electron chi connectivity index (χ3n) is 8.11. The van der Waals surface area contributed by atoms with Crippen LogP contribution in [0.1, 0.15) is 57.1 Å². The lowest BCUT2D eigenvalue weighted by atomic mass is 9.90. The van der Waals surface area contributed by atoms with Gasteiger partial charge in [-0.25, -0.2) is 9.37 Å². The molecular weight excluding hydrogens is 517 g/mol. The Bertz CT molecular complexity index is 1350. The molecule has 2 aromatic heterocycles. The molecule has 1 aliphatic heterocycles. The standard InChI is InChI=1S/C30H32FN3O4S/c31-30(17-38-18-30)26-12-9-20(15-32-26)23-7-3-4-8-24(23)25-16-39-29(33-25)34(22-10-11-22)28(37)21(14-27(35)36)13-19-5-1-2-6-19/h3-4,7-9,12,15-16,19,21-22H,1-2,5-6,10-11,13-14,17-18H2,(H,35,36). The van der Waals surface area contributed by atoms with Crippen LogP contribution < -0.4 is 4.90 Å². The molecule has 0 radical (unpaired) electrons. The summed E-state index contributed by atoms with van der Waals surface area (Å²) in [6.45, 7) is 0.0590. The van der Waals surface area contributed by atoms with Crippen molar-refractivity contribution in [3.05, 3.63) is 53.7 Å². The lowest BCUT2D eigenvalue weighted by molar-refractivity contribution is -0.141. The van der Waals surface area contributed by atoms with Crippen LogP contribution in [0.25, 0.3) is 22.4 Å². The Morgan fingerprint density at radius 2 is 1.85 bits per heavy atom. The normalized spacial score (nSPS) is 19.4. The van der Waals surface area contributed by atoms with Crippen molar-refractivity contribution in [3.8, 4) is 22.4 Å². The second-order valence-electron chi connectivity index (χ2n) is 11.1. The number of benzene rings is 1. The van der Waals surface area contributed by atoms with Crippen molar-refractivity contribution in [2.75, 3.05) is 18.1 Å². The fourth-order valence-electron chi connectivity index (χ4n) is 5.79. The molecule has 9 heteroatoms. The van der Waals surface area contributed by atoms with Crippen LogP contribution in [0.15, 0.2) is 48.0 Å². The van der Waals surface area contributed by atoms with Crippen LogP contribution >= 0.6 is 11.3 Å². The van der Waals surface area contributed by atoms with Crippen LogP contribution in [0.2, 0.25) is 0 Å². The molecule has 0 bridgehead atoms. The highest BCUT2D eigenvalue weighted by atomic mass is 32.1. The summed E-state index contributed by atoms with van der Waals surface area (Å²) in [5.41, 5.74) is 2.26. The van der Waals surface area contributed by atoms with Gasteiger partial charge in [0.25, 0.3) is 0 Å². The Labute approximate surface area is 231 Å². The summed E-state index contributed by atoms with van der Waals surface area (Å²) in [6.07, 6.45) is 8.42. The highest BCUT2D eigenvalue weighted by Crippen LogP contribution is 2.41. The molecule has 3 aromatic rings. The zero-order chi connectivity index (χ0) is 27.0. The maximum atomic E-state index is 14.7. The molecule has 1 amide bonds. The minimum atomic E-state index is -1.52. The number of alkyl halides is 1. The molecule has 3 aliphatic rings. The summed E-state index contributed by atoms with van der Waals surface area (Å²) in [5, 5.41) is 12.1. The number of aromatic nitrogens is 2. The fraction of sp³-hybridized carbons (Fsp3) is 0.467. The largest absolute Gasteiger partial charge is 0.481 e. The minimum absolute atomic E-state index is 0.0295. The Hall–Kier alpha value is -3.17. The van der Waals surface area contributed by atoms with Gasteiger partial charge in [0.05, 0.1) is 31.0 Å². The highest BCUT2D eigenvalue weighted by Gasteiger charge is 2.42. The second kappa shape index (κ2) is 10.8. The summed E-state index contributed by atoms with van der Waals surface area (Å²) >= 11 is 1.42. The second-order valence-corrected chi connectivity index (χ2v) is 11.9. The van der Waals surface area contributed by atoms with E-state index in [1.165, 1.54) is 11.3 Å². The Kier molecular flexibility index (Phi) is 7.20. The van der Waals surface area contributed by atoms with Crippen molar-refractivity contribution in [1.29, 1.82) is 0 Å². The van der Waals surface area contributed by atoms with Crippen molar-refractivity contribution in [2.45, 2.75) is 63.1 Å². The van der Waals surface area contributed by atoms with Crippen LogP contribution in [-0.4, -0.2) is 46.2 Å². The monoisotopic (exact) mass is 549 g/mol. The molecular formula is C30H32FN3O4S. The zero-order valence-corrected chi connectivity index (χ0v) is 22.5. The van der Waals surface area contributed by atoms with Crippen molar-refractivity contribution >= 4 is 28.3 Å². The number of carbonyl (C=O) groups is 2. The van der Waals surface area contributed by atoms with Gasteiger partial charge in [0.2, 0.25) is 5.91 Å². The van der Waals surface area contributed by atoms with Gasteiger partial charge in [-0.3, -0.25) is 19.5 Å². The van der Waals surface area contributed by atoms with Gasteiger partial charge in [-0.1, -0.05) is 56.0 Å². The average Bonchev–Trinajstić information content (AvgIpc) is 3.39. The van der Waals surface area contributed by atoms with E-state index >= 15 is 0 Å². The molecule has 1 saturated heterocycles. The molecule has 39 heavy (non-hydrogen) atoms. The molecule has 1 aromatic carbocycles. The first kappa shape index (κ1) is 26.1. The maximum Gasteiger partial charge on any atom is 0.304 e. The van der Waals surface area contributed by atoms with E-state index in [-0.39, 0.29) is 31.6 Å². The van der Waals surface area contributed by atoms with Crippen molar-refractivity contribution in [3.63, 3.8) is 0 Å². The van der Waals surface area contributed by atoms with Crippen LogP contribution in [0.3, 0.4) is 0 Å². The number of halogens is 1. The molecule has 1 N–H and O–H groups in total. The molecule has 7 nitrogen and oxygen atoms in total. The van der Waals surface area contributed by atoms with Gasteiger partial charge in [-0.2, -0.15) is 0 Å². The lowest BCUT2D eigenvalue weighted by Crippen LogP contribution is -2.43. The number of aliphatic carboxylic acids is 1. The van der Waals surface area contributed by atoms with Gasteiger partial charge >= 0.3 is 5.97 Å². The van der Waals surface area contributed by atoms with Gasteiger partial charge < -0.3 is 9.84 Å².